The fourth-order valence-corrected chi connectivity index (χ4v) is 3.71. The van der Waals surface area contributed by atoms with Crippen LogP contribution in [0.2, 0.25) is 0 Å². The third-order valence-electron chi connectivity index (χ3n) is 5.84. The summed E-state index contributed by atoms with van der Waals surface area (Å²) in [7, 11) is 0. The zero-order valence-electron chi connectivity index (χ0n) is 18.6. The minimum absolute atomic E-state index is 0.249. The fraction of sp³-hybridized carbons (Fsp3) is 0.333. The van der Waals surface area contributed by atoms with Gasteiger partial charge in [0.1, 0.15) is 36.9 Å². The standard InChI is InChI=1S/C27H29NO4/c1-3-20-14-23(5-4-19(20)2)28(21-6-10-24(11-7-21)29-15-26-17-31-26)22-8-12-25(13-9-22)30-16-27-18-32-27/h4-14,26-27H,3,15-18H2,1-2H3. The summed E-state index contributed by atoms with van der Waals surface area (Å²) in [4.78, 5) is 2.26. The second-order valence-electron chi connectivity index (χ2n) is 8.32. The SMILES string of the molecule is CCc1cc(N(c2ccc(OCC3CO3)cc2)c2ccc(OCC3CO3)cc2)ccc1C. The van der Waals surface area contributed by atoms with Crippen molar-refractivity contribution >= 4 is 17.1 Å². The number of hydrogen-bond acceptors (Lipinski definition) is 5. The Labute approximate surface area is 189 Å². The van der Waals surface area contributed by atoms with E-state index in [4.69, 9.17) is 18.9 Å². The molecule has 5 nitrogen and oxygen atoms in total. The molecule has 0 spiro atoms. The van der Waals surface area contributed by atoms with Gasteiger partial charge in [0.15, 0.2) is 0 Å². The topological polar surface area (TPSA) is 46.8 Å². The van der Waals surface area contributed by atoms with Crippen molar-refractivity contribution in [3.8, 4) is 11.5 Å². The number of ether oxygens (including phenoxy) is 4. The molecule has 2 aliphatic heterocycles. The summed E-state index contributed by atoms with van der Waals surface area (Å²) in [6.45, 7) is 7.17. The first-order chi connectivity index (χ1) is 15.7. The van der Waals surface area contributed by atoms with Gasteiger partial charge in [-0.25, -0.2) is 0 Å². The first kappa shape index (κ1) is 20.9. The molecule has 2 heterocycles. The van der Waals surface area contributed by atoms with Crippen molar-refractivity contribution in [1.82, 2.24) is 0 Å². The van der Waals surface area contributed by atoms with Crippen LogP contribution >= 0.6 is 0 Å². The van der Waals surface area contributed by atoms with Crippen molar-refractivity contribution in [2.75, 3.05) is 31.3 Å². The first-order valence-corrected chi connectivity index (χ1v) is 11.3. The van der Waals surface area contributed by atoms with Gasteiger partial charge in [-0.05, 0) is 85.1 Å². The zero-order chi connectivity index (χ0) is 21.9. The quantitative estimate of drug-likeness (QED) is 0.392. The van der Waals surface area contributed by atoms with Crippen molar-refractivity contribution in [1.29, 1.82) is 0 Å². The van der Waals surface area contributed by atoms with E-state index in [-0.39, 0.29) is 12.2 Å². The predicted molar refractivity (Wildman–Crippen MR) is 126 cm³/mol. The number of aryl methyl sites for hydroxylation is 2. The fourth-order valence-electron chi connectivity index (χ4n) is 3.71. The van der Waals surface area contributed by atoms with Gasteiger partial charge in [-0.3, -0.25) is 0 Å². The molecule has 2 unspecified atom stereocenters. The van der Waals surface area contributed by atoms with E-state index in [9.17, 15) is 0 Å². The average Bonchev–Trinajstić information content (AvgIpc) is 3.74. The van der Waals surface area contributed by atoms with Crippen LogP contribution in [0.4, 0.5) is 17.1 Å². The van der Waals surface area contributed by atoms with E-state index in [0.29, 0.717) is 13.2 Å². The van der Waals surface area contributed by atoms with Crippen LogP contribution in [0.25, 0.3) is 0 Å². The van der Waals surface area contributed by atoms with Crippen LogP contribution in [0.1, 0.15) is 18.1 Å². The minimum atomic E-state index is 0.249. The maximum atomic E-state index is 5.83. The molecule has 2 aliphatic rings. The normalized spacial score (nSPS) is 18.8. The predicted octanol–water partition coefficient (Wildman–Crippen LogP) is 5.58. The van der Waals surface area contributed by atoms with Crippen LogP contribution < -0.4 is 14.4 Å². The van der Waals surface area contributed by atoms with Crippen molar-refractivity contribution in [2.24, 2.45) is 0 Å². The molecule has 0 aromatic heterocycles. The van der Waals surface area contributed by atoms with E-state index >= 15 is 0 Å². The highest BCUT2D eigenvalue weighted by Crippen LogP contribution is 2.37. The molecular formula is C27H29NO4. The third kappa shape index (κ3) is 5.06. The van der Waals surface area contributed by atoms with Crippen molar-refractivity contribution in [3.05, 3.63) is 77.9 Å². The van der Waals surface area contributed by atoms with E-state index in [2.05, 4.69) is 61.2 Å². The highest BCUT2D eigenvalue weighted by atomic mass is 16.6. The number of hydrogen-bond donors (Lipinski definition) is 0. The molecule has 2 fully saturated rings. The Morgan fingerprint density at radius 1 is 0.750 bits per heavy atom. The molecule has 5 rings (SSSR count). The molecule has 166 valence electrons. The Hall–Kier alpha value is -3.02. The molecule has 2 atom stereocenters. The van der Waals surface area contributed by atoms with Crippen LogP contribution in [0, 0.1) is 6.92 Å². The van der Waals surface area contributed by atoms with Gasteiger partial charge in [-0.1, -0.05) is 13.0 Å². The third-order valence-corrected chi connectivity index (χ3v) is 5.84. The molecular weight excluding hydrogens is 402 g/mol. The molecule has 0 bridgehead atoms. The zero-order valence-corrected chi connectivity index (χ0v) is 18.6. The summed E-state index contributed by atoms with van der Waals surface area (Å²) in [5.41, 5.74) is 5.94. The second-order valence-corrected chi connectivity index (χ2v) is 8.32. The Morgan fingerprint density at radius 2 is 1.22 bits per heavy atom. The smallest absolute Gasteiger partial charge is 0.119 e. The van der Waals surface area contributed by atoms with Gasteiger partial charge in [-0.15, -0.1) is 0 Å². The number of nitrogens with zero attached hydrogens (tertiary/aromatic N) is 1. The summed E-state index contributed by atoms with van der Waals surface area (Å²) >= 11 is 0. The van der Waals surface area contributed by atoms with Crippen LogP contribution in [-0.4, -0.2) is 38.6 Å². The van der Waals surface area contributed by atoms with Crippen molar-refractivity contribution < 1.29 is 18.9 Å². The van der Waals surface area contributed by atoms with E-state index in [1.165, 1.54) is 11.1 Å². The lowest BCUT2D eigenvalue weighted by atomic mass is 10.0. The summed E-state index contributed by atoms with van der Waals surface area (Å²) < 4.78 is 22.1. The monoisotopic (exact) mass is 431 g/mol. The lowest BCUT2D eigenvalue weighted by Gasteiger charge is -2.26. The van der Waals surface area contributed by atoms with Crippen molar-refractivity contribution in [2.45, 2.75) is 32.5 Å². The van der Waals surface area contributed by atoms with Crippen LogP contribution in [0.15, 0.2) is 66.7 Å². The Balaban J connectivity index is 1.42. The van der Waals surface area contributed by atoms with Crippen molar-refractivity contribution in [3.63, 3.8) is 0 Å². The van der Waals surface area contributed by atoms with Gasteiger partial charge >= 0.3 is 0 Å². The van der Waals surface area contributed by atoms with Gasteiger partial charge in [0.2, 0.25) is 0 Å². The first-order valence-electron chi connectivity index (χ1n) is 11.3. The summed E-state index contributed by atoms with van der Waals surface area (Å²) in [5.74, 6) is 1.71. The molecule has 32 heavy (non-hydrogen) atoms. The molecule has 2 saturated heterocycles. The molecule has 0 N–H and O–H groups in total. The lowest BCUT2D eigenvalue weighted by Crippen LogP contribution is -2.11. The minimum Gasteiger partial charge on any atom is -0.491 e. The van der Waals surface area contributed by atoms with E-state index in [0.717, 1.165) is 48.2 Å². The lowest BCUT2D eigenvalue weighted by molar-refractivity contribution is 0.263. The second kappa shape index (κ2) is 9.23. The van der Waals surface area contributed by atoms with E-state index in [1.807, 2.05) is 24.3 Å². The molecule has 0 saturated carbocycles. The summed E-state index contributed by atoms with van der Waals surface area (Å²) in [6.07, 6.45) is 1.50. The molecule has 0 radical (unpaired) electrons. The van der Waals surface area contributed by atoms with Gasteiger partial charge in [0.25, 0.3) is 0 Å². The summed E-state index contributed by atoms with van der Waals surface area (Å²) in [6, 6.07) is 23.1. The number of epoxide rings is 2. The molecule has 5 heteroatoms. The van der Waals surface area contributed by atoms with Gasteiger partial charge in [0, 0.05) is 17.1 Å². The maximum Gasteiger partial charge on any atom is 0.119 e. The number of rotatable bonds is 10. The number of benzene rings is 3. The largest absolute Gasteiger partial charge is 0.491 e. The highest BCUT2D eigenvalue weighted by molar-refractivity contribution is 5.77. The summed E-state index contributed by atoms with van der Waals surface area (Å²) in [5, 5.41) is 0. The van der Waals surface area contributed by atoms with Gasteiger partial charge in [0.05, 0.1) is 13.2 Å². The Morgan fingerprint density at radius 3 is 1.66 bits per heavy atom. The van der Waals surface area contributed by atoms with Gasteiger partial charge in [-0.2, -0.15) is 0 Å². The molecule has 3 aromatic rings. The molecule has 3 aromatic carbocycles. The van der Waals surface area contributed by atoms with Crippen LogP contribution in [0.5, 0.6) is 11.5 Å². The van der Waals surface area contributed by atoms with Crippen LogP contribution in [-0.2, 0) is 15.9 Å². The highest BCUT2D eigenvalue weighted by Gasteiger charge is 2.24. The number of anilines is 3. The molecule has 0 aliphatic carbocycles. The molecule has 0 amide bonds. The average molecular weight is 432 g/mol. The Kier molecular flexibility index (Phi) is 6.02. The maximum absolute atomic E-state index is 5.83. The van der Waals surface area contributed by atoms with E-state index < -0.39 is 0 Å². The van der Waals surface area contributed by atoms with Crippen LogP contribution in [0.3, 0.4) is 0 Å². The van der Waals surface area contributed by atoms with E-state index in [1.54, 1.807) is 0 Å². The Bertz CT molecular complexity index is 981. The van der Waals surface area contributed by atoms with Gasteiger partial charge < -0.3 is 23.8 Å².